The highest BCUT2D eigenvalue weighted by Crippen LogP contribution is 2.39. The first kappa shape index (κ1) is 14.5. The van der Waals surface area contributed by atoms with Crippen molar-refractivity contribution in [3.63, 3.8) is 0 Å². The van der Waals surface area contributed by atoms with Gasteiger partial charge in [0.1, 0.15) is 0 Å². The molecule has 0 heterocycles. The molecule has 0 bridgehead atoms. The number of carbonyl (C=O) groups is 1. The van der Waals surface area contributed by atoms with Crippen LogP contribution in [0.15, 0.2) is 28.7 Å². The summed E-state index contributed by atoms with van der Waals surface area (Å²) in [5.41, 5.74) is 7.15. The summed E-state index contributed by atoms with van der Waals surface area (Å²) in [7, 11) is 0. The zero-order valence-electron chi connectivity index (χ0n) is 11.1. The molecule has 1 aromatic carbocycles. The predicted octanol–water partition coefficient (Wildman–Crippen LogP) is 2.63. The van der Waals surface area contributed by atoms with E-state index in [9.17, 15) is 4.79 Å². The van der Waals surface area contributed by atoms with Gasteiger partial charge in [0.15, 0.2) is 0 Å². The molecule has 104 valence electrons. The second-order valence-electron chi connectivity index (χ2n) is 5.46. The molecule has 1 aromatic rings. The lowest BCUT2D eigenvalue weighted by atomic mass is 9.69. The second kappa shape index (κ2) is 6.53. The minimum atomic E-state index is 0.125. The molecule has 1 aliphatic rings. The van der Waals surface area contributed by atoms with E-state index < -0.39 is 0 Å². The first-order valence-corrected chi connectivity index (χ1v) is 7.64. The van der Waals surface area contributed by atoms with E-state index in [4.69, 9.17) is 5.73 Å². The van der Waals surface area contributed by atoms with Crippen molar-refractivity contribution in [2.45, 2.75) is 32.1 Å². The van der Waals surface area contributed by atoms with E-state index in [-0.39, 0.29) is 11.3 Å². The standard InChI is InChI=1S/C15H21BrN2O/c16-13-4-1-3-12(9-13)5-6-14(19)18-11-15(10-17)7-2-8-15/h1,3-4,9H,2,5-8,10-11,17H2,(H,18,19). The number of rotatable bonds is 6. The maximum Gasteiger partial charge on any atom is 0.220 e. The Morgan fingerprint density at radius 3 is 2.79 bits per heavy atom. The number of halogens is 1. The monoisotopic (exact) mass is 324 g/mol. The van der Waals surface area contributed by atoms with Crippen molar-refractivity contribution in [3.8, 4) is 0 Å². The smallest absolute Gasteiger partial charge is 0.220 e. The van der Waals surface area contributed by atoms with Crippen molar-refractivity contribution in [2.75, 3.05) is 13.1 Å². The fraction of sp³-hybridized carbons (Fsp3) is 0.533. The molecule has 1 amide bonds. The van der Waals surface area contributed by atoms with Crippen LogP contribution in [0.4, 0.5) is 0 Å². The number of nitrogens with one attached hydrogen (secondary N) is 1. The van der Waals surface area contributed by atoms with Gasteiger partial charge < -0.3 is 11.1 Å². The minimum absolute atomic E-state index is 0.125. The average Bonchev–Trinajstić information content (AvgIpc) is 2.36. The third-order valence-corrected chi connectivity index (χ3v) is 4.53. The summed E-state index contributed by atoms with van der Waals surface area (Å²) >= 11 is 3.44. The van der Waals surface area contributed by atoms with Crippen LogP contribution in [0.2, 0.25) is 0 Å². The summed E-state index contributed by atoms with van der Waals surface area (Å²) in [4.78, 5) is 11.8. The molecule has 0 aromatic heterocycles. The van der Waals surface area contributed by atoms with Crippen LogP contribution in [-0.4, -0.2) is 19.0 Å². The number of hydrogen-bond acceptors (Lipinski definition) is 2. The Bertz CT molecular complexity index is 438. The number of hydrogen-bond donors (Lipinski definition) is 2. The molecule has 4 heteroatoms. The molecule has 0 unspecified atom stereocenters. The molecule has 0 radical (unpaired) electrons. The topological polar surface area (TPSA) is 55.1 Å². The predicted molar refractivity (Wildman–Crippen MR) is 80.8 cm³/mol. The van der Waals surface area contributed by atoms with Gasteiger partial charge in [-0.2, -0.15) is 0 Å². The molecule has 1 saturated carbocycles. The molecule has 1 fully saturated rings. The van der Waals surface area contributed by atoms with Crippen molar-refractivity contribution < 1.29 is 4.79 Å². The zero-order valence-corrected chi connectivity index (χ0v) is 12.7. The van der Waals surface area contributed by atoms with Crippen molar-refractivity contribution >= 4 is 21.8 Å². The van der Waals surface area contributed by atoms with E-state index in [0.29, 0.717) is 13.0 Å². The Hall–Kier alpha value is -0.870. The van der Waals surface area contributed by atoms with Gasteiger partial charge in [0, 0.05) is 17.4 Å². The van der Waals surface area contributed by atoms with Gasteiger partial charge in [-0.15, -0.1) is 0 Å². The molecule has 0 saturated heterocycles. The lowest BCUT2D eigenvalue weighted by molar-refractivity contribution is -0.121. The Morgan fingerprint density at radius 2 is 2.21 bits per heavy atom. The third-order valence-electron chi connectivity index (χ3n) is 4.04. The number of aryl methyl sites for hydroxylation is 1. The number of amides is 1. The fourth-order valence-electron chi connectivity index (χ4n) is 2.45. The lowest BCUT2D eigenvalue weighted by Gasteiger charge is -2.41. The first-order valence-electron chi connectivity index (χ1n) is 6.85. The average molecular weight is 325 g/mol. The van der Waals surface area contributed by atoms with E-state index in [0.717, 1.165) is 30.3 Å². The Balaban J connectivity index is 1.73. The summed E-state index contributed by atoms with van der Waals surface area (Å²) < 4.78 is 1.06. The SMILES string of the molecule is NCC1(CNC(=O)CCc2cccc(Br)c2)CCC1. The van der Waals surface area contributed by atoms with Crippen LogP contribution in [0.1, 0.15) is 31.2 Å². The van der Waals surface area contributed by atoms with Gasteiger partial charge in [-0.1, -0.05) is 34.5 Å². The molecular formula is C15H21BrN2O. The quantitative estimate of drug-likeness (QED) is 0.845. The maximum absolute atomic E-state index is 11.8. The number of carbonyl (C=O) groups excluding carboxylic acids is 1. The van der Waals surface area contributed by atoms with Crippen molar-refractivity contribution in [1.82, 2.24) is 5.32 Å². The molecule has 3 nitrogen and oxygen atoms in total. The summed E-state index contributed by atoms with van der Waals surface area (Å²) in [5, 5.41) is 3.03. The van der Waals surface area contributed by atoms with Gasteiger partial charge in [0.25, 0.3) is 0 Å². The Labute approximate surface area is 123 Å². The van der Waals surface area contributed by atoms with Gasteiger partial charge >= 0.3 is 0 Å². The second-order valence-corrected chi connectivity index (χ2v) is 6.38. The van der Waals surface area contributed by atoms with Crippen molar-refractivity contribution in [1.29, 1.82) is 0 Å². The molecule has 1 aliphatic carbocycles. The van der Waals surface area contributed by atoms with Crippen molar-refractivity contribution in [3.05, 3.63) is 34.3 Å². The van der Waals surface area contributed by atoms with Crippen LogP contribution >= 0.6 is 15.9 Å². The van der Waals surface area contributed by atoms with E-state index in [1.54, 1.807) is 0 Å². The van der Waals surface area contributed by atoms with Crippen LogP contribution in [-0.2, 0) is 11.2 Å². The number of benzene rings is 1. The molecule has 0 atom stereocenters. The highest BCUT2D eigenvalue weighted by Gasteiger charge is 2.35. The summed E-state index contributed by atoms with van der Waals surface area (Å²) in [6.07, 6.45) is 4.86. The molecular weight excluding hydrogens is 304 g/mol. The lowest BCUT2D eigenvalue weighted by Crippen LogP contribution is -2.46. The van der Waals surface area contributed by atoms with Crippen LogP contribution in [0.25, 0.3) is 0 Å². The molecule has 0 aliphatic heterocycles. The summed E-state index contributed by atoms with van der Waals surface area (Å²) in [6, 6.07) is 8.09. The van der Waals surface area contributed by atoms with Gasteiger partial charge in [0.05, 0.1) is 0 Å². The van der Waals surface area contributed by atoms with Gasteiger partial charge in [-0.05, 0) is 48.9 Å². The van der Waals surface area contributed by atoms with Crippen LogP contribution in [0, 0.1) is 5.41 Å². The molecule has 0 spiro atoms. The summed E-state index contributed by atoms with van der Waals surface area (Å²) in [6.45, 7) is 1.42. The highest BCUT2D eigenvalue weighted by molar-refractivity contribution is 9.10. The summed E-state index contributed by atoms with van der Waals surface area (Å²) in [5.74, 6) is 0.125. The molecule has 3 N–H and O–H groups in total. The minimum Gasteiger partial charge on any atom is -0.355 e. The van der Waals surface area contributed by atoms with Crippen LogP contribution in [0.3, 0.4) is 0 Å². The van der Waals surface area contributed by atoms with E-state index >= 15 is 0 Å². The largest absolute Gasteiger partial charge is 0.355 e. The molecule has 19 heavy (non-hydrogen) atoms. The van der Waals surface area contributed by atoms with Crippen molar-refractivity contribution in [2.24, 2.45) is 11.1 Å². The normalized spacial score (nSPS) is 16.7. The first-order chi connectivity index (χ1) is 9.13. The van der Waals surface area contributed by atoms with E-state index in [1.807, 2.05) is 18.2 Å². The van der Waals surface area contributed by atoms with E-state index in [1.165, 1.54) is 12.0 Å². The zero-order chi connectivity index (χ0) is 13.7. The van der Waals surface area contributed by atoms with Gasteiger partial charge in [-0.3, -0.25) is 4.79 Å². The Kier molecular flexibility index (Phi) is 4.99. The fourth-order valence-corrected chi connectivity index (χ4v) is 2.90. The molecule has 2 rings (SSSR count). The highest BCUT2D eigenvalue weighted by atomic mass is 79.9. The third kappa shape index (κ3) is 4.05. The van der Waals surface area contributed by atoms with Gasteiger partial charge in [0.2, 0.25) is 5.91 Å². The van der Waals surface area contributed by atoms with Crippen LogP contribution in [0.5, 0.6) is 0 Å². The van der Waals surface area contributed by atoms with Gasteiger partial charge in [-0.25, -0.2) is 0 Å². The number of nitrogens with two attached hydrogens (primary N) is 1. The Morgan fingerprint density at radius 1 is 1.42 bits per heavy atom. The maximum atomic E-state index is 11.8. The van der Waals surface area contributed by atoms with Crippen LogP contribution < -0.4 is 11.1 Å². The van der Waals surface area contributed by atoms with E-state index in [2.05, 4.69) is 27.3 Å².